The molecule has 1 heterocycles. The van der Waals surface area contributed by atoms with Crippen LogP contribution in [0.25, 0.3) is 0 Å². The maximum atomic E-state index is 12.8. The molecule has 2 aromatic rings. The molecule has 1 aliphatic heterocycles. The van der Waals surface area contributed by atoms with Gasteiger partial charge in [0.05, 0.1) is 22.8 Å². The highest BCUT2D eigenvalue weighted by atomic mass is 35.5. The fourth-order valence-electron chi connectivity index (χ4n) is 3.26. The third kappa shape index (κ3) is 5.57. The van der Waals surface area contributed by atoms with Gasteiger partial charge in [-0.15, -0.1) is 0 Å². The van der Waals surface area contributed by atoms with Crippen molar-refractivity contribution in [2.75, 3.05) is 30.7 Å². The van der Waals surface area contributed by atoms with Gasteiger partial charge in [-0.1, -0.05) is 11.6 Å². The summed E-state index contributed by atoms with van der Waals surface area (Å²) in [6.07, 6.45) is 2.25. The first kappa shape index (κ1) is 23.5. The first-order valence-electron chi connectivity index (χ1n) is 9.50. The number of piperidine rings is 1. The van der Waals surface area contributed by atoms with E-state index in [1.807, 2.05) is 0 Å². The van der Waals surface area contributed by atoms with E-state index in [0.29, 0.717) is 30.1 Å². The van der Waals surface area contributed by atoms with Gasteiger partial charge in [0.15, 0.2) is 0 Å². The van der Waals surface area contributed by atoms with E-state index in [1.54, 1.807) is 0 Å². The molecule has 0 amide bonds. The predicted molar refractivity (Wildman–Crippen MR) is 118 cm³/mol. The minimum Gasteiger partial charge on any atom is -0.426 e. The summed E-state index contributed by atoms with van der Waals surface area (Å²) in [6, 6.07) is 11.9. The van der Waals surface area contributed by atoms with E-state index >= 15 is 0 Å². The van der Waals surface area contributed by atoms with Crippen LogP contribution in [0.1, 0.15) is 12.8 Å². The average molecular weight is 487 g/mol. The van der Waals surface area contributed by atoms with Crippen LogP contribution in [-0.4, -0.2) is 53.5 Å². The zero-order valence-electron chi connectivity index (χ0n) is 17.1. The number of sulfonamides is 2. The number of ether oxygens (including phenoxy) is 1. The summed E-state index contributed by atoms with van der Waals surface area (Å²) in [5.74, 6) is -0.804. The van der Waals surface area contributed by atoms with Crippen LogP contribution in [0, 0.1) is 5.92 Å². The number of esters is 1. The van der Waals surface area contributed by atoms with Crippen LogP contribution >= 0.6 is 11.6 Å². The van der Waals surface area contributed by atoms with E-state index in [-0.39, 0.29) is 17.2 Å². The zero-order valence-corrected chi connectivity index (χ0v) is 19.5. The SMILES string of the molecule is CN(c1ccc(OC(=O)C2CCCN(S(C)(=O)=O)C2)cc1)S(=O)(=O)c1ccc(Cl)cc1. The highest BCUT2D eigenvalue weighted by molar-refractivity contribution is 7.92. The third-order valence-corrected chi connectivity index (χ3v) is 8.40. The summed E-state index contributed by atoms with van der Waals surface area (Å²) in [6.45, 7) is 0.490. The smallest absolute Gasteiger partial charge is 0.315 e. The lowest BCUT2D eigenvalue weighted by Crippen LogP contribution is -2.42. The molecule has 168 valence electrons. The second-order valence-corrected chi connectivity index (χ2v) is 11.7. The van der Waals surface area contributed by atoms with Gasteiger partial charge in [0.25, 0.3) is 10.0 Å². The summed E-state index contributed by atoms with van der Waals surface area (Å²) in [5.41, 5.74) is 0.385. The Morgan fingerprint density at radius 1 is 1.06 bits per heavy atom. The lowest BCUT2D eigenvalue weighted by Gasteiger charge is -2.29. The maximum absolute atomic E-state index is 12.8. The summed E-state index contributed by atoms with van der Waals surface area (Å²) in [5, 5.41) is 0.436. The number of benzene rings is 2. The molecule has 0 saturated carbocycles. The Hall–Kier alpha value is -2.14. The van der Waals surface area contributed by atoms with Crippen molar-refractivity contribution in [3.8, 4) is 5.75 Å². The Kier molecular flexibility index (Phi) is 6.95. The van der Waals surface area contributed by atoms with Crippen molar-refractivity contribution in [1.29, 1.82) is 0 Å². The molecule has 1 saturated heterocycles. The topological polar surface area (TPSA) is 101 Å². The Bertz CT molecular complexity index is 1150. The fourth-order valence-corrected chi connectivity index (χ4v) is 5.50. The first-order chi connectivity index (χ1) is 14.5. The van der Waals surface area contributed by atoms with Gasteiger partial charge in [0, 0.05) is 25.2 Å². The number of halogens is 1. The maximum Gasteiger partial charge on any atom is 0.315 e. The Labute approximate surface area is 187 Å². The molecule has 1 unspecified atom stereocenters. The predicted octanol–water partition coefficient (Wildman–Crippen LogP) is 2.74. The number of carbonyl (C=O) groups excluding carboxylic acids is 1. The van der Waals surface area contributed by atoms with Crippen molar-refractivity contribution in [2.45, 2.75) is 17.7 Å². The van der Waals surface area contributed by atoms with Gasteiger partial charge < -0.3 is 4.74 Å². The monoisotopic (exact) mass is 486 g/mol. The molecule has 0 bridgehead atoms. The van der Waals surface area contributed by atoms with Gasteiger partial charge in [0.2, 0.25) is 10.0 Å². The molecule has 1 aliphatic rings. The van der Waals surface area contributed by atoms with Crippen molar-refractivity contribution in [1.82, 2.24) is 4.31 Å². The lowest BCUT2D eigenvalue weighted by atomic mass is 10.00. The standard InChI is InChI=1S/C20H23ClN2O6S2/c1-22(31(27,28)19-11-5-16(21)6-12-19)17-7-9-18(10-8-17)29-20(24)15-4-3-13-23(14-15)30(2,25)26/h5-12,15H,3-4,13-14H2,1-2H3. The molecule has 0 N–H and O–H groups in total. The molecule has 0 spiro atoms. The molecule has 31 heavy (non-hydrogen) atoms. The minimum absolute atomic E-state index is 0.0951. The summed E-state index contributed by atoms with van der Waals surface area (Å²) < 4.78 is 56.8. The van der Waals surface area contributed by atoms with E-state index in [0.717, 1.165) is 10.6 Å². The van der Waals surface area contributed by atoms with Crippen LogP contribution < -0.4 is 9.04 Å². The largest absolute Gasteiger partial charge is 0.426 e. The molecule has 1 fully saturated rings. The minimum atomic E-state index is -3.78. The van der Waals surface area contributed by atoms with Crippen LogP contribution in [-0.2, 0) is 24.8 Å². The number of nitrogens with zero attached hydrogens (tertiary/aromatic N) is 2. The molecule has 3 rings (SSSR count). The summed E-state index contributed by atoms with van der Waals surface area (Å²) >= 11 is 5.82. The number of carbonyl (C=O) groups is 1. The van der Waals surface area contributed by atoms with Gasteiger partial charge in [-0.05, 0) is 61.4 Å². The number of hydrogen-bond donors (Lipinski definition) is 0. The van der Waals surface area contributed by atoms with E-state index in [9.17, 15) is 21.6 Å². The molecular formula is C20H23ClN2O6S2. The molecule has 1 atom stereocenters. The fraction of sp³-hybridized carbons (Fsp3) is 0.350. The van der Waals surface area contributed by atoms with Crippen molar-refractivity contribution in [3.05, 3.63) is 53.6 Å². The van der Waals surface area contributed by atoms with Gasteiger partial charge in [-0.25, -0.2) is 21.1 Å². The Morgan fingerprint density at radius 3 is 2.26 bits per heavy atom. The highest BCUT2D eigenvalue weighted by Gasteiger charge is 2.31. The second-order valence-electron chi connectivity index (χ2n) is 7.30. The molecule has 0 aliphatic carbocycles. The van der Waals surface area contributed by atoms with Crippen molar-refractivity contribution >= 4 is 43.3 Å². The molecule has 2 aromatic carbocycles. The van der Waals surface area contributed by atoms with E-state index in [4.69, 9.17) is 16.3 Å². The van der Waals surface area contributed by atoms with Crippen LogP contribution in [0.2, 0.25) is 5.02 Å². The average Bonchev–Trinajstić information content (AvgIpc) is 2.73. The van der Waals surface area contributed by atoms with E-state index in [2.05, 4.69) is 0 Å². The molecule has 8 nitrogen and oxygen atoms in total. The lowest BCUT2D eigenvalue weighted by molar-refractivity contribution is -0.140. The molecule has 11 heteroatoms. The van der Waals surface area contributed by atoms with Crippen molar-refractivity contribution in [2.24, 2.45) is 5.92 Å². The number of rotatable bonds is 6. The number of hydrogen-bond acceptors (Lipinski definition) is 6. The second kappa shape index (κ2) is 9.15. The van der Waals surface area contributed by atoms with Crippen LogP contribution in [0.5, 0.6) is 5.75 Å². The first-order valence-corrected chi connectivity index (χ1v) is 13.2. The zero-order chi connectivity index (χ0) is 22.8. The van der Waals surface area contributed by atoms with Crippen molar-refractivity contribution < 1.29 is 26.4 Å². The van der Waals surface area contributed by atoms with E-state index in [1.165, 1.54) is 59.9 Å². The molecule has 0 radical (unpaired) electrons. The van der Waals surface area contributed by atoms with E-state index < -0.39 is 31.9 Å². The van der Waals surface area contributed by atoms with Gasteiger partial charge in [0.1, 0.15) is 5.75 Å². The van der Waals surface area contributed by atoms with Crippen LogP contribution in [0.15, 0.2) is 53.4 Å². The highest BCUT2D eigenvalue weighted by Crippen LogP contribution is 2.26. The normalized spacial score (nSPS) is 17.8. The van der Waals surface area contributed by atoms with Gasteiger partial charge in [-0.2, -0.15) is 0 Å². The number of anilines is 1. The Morgan fingerprint density at radius 2 is 1.68 bits per heavy atom. The summed E-state index contributed by atoms with van der Waals surface area (Å²) in [4.78, 5) is 12.6. The van der Waals surface area contributed by atoms with Crippen molar-refractivity contribution in [3.63, 3.8) is 0 Å². The van der Waals surface area contributed by atoms with Gasteiger partial charge in [-0.3, -0.25) is 9.10 Å². The molecule has 0 aromatic heterocycles. The summed E-state index contributed by atoms with van der Waals surface area (Å²) in [7, 11) is -5.72. The Balaban J connectivity index is 1.68. The van der Waals surface area contributed by atoms with Crippen LogP contribution in [0.4, 0.5) is 5.69 Å². The van der Waals surface area contributed by atoms with Gasteiger partial charge >= 0.3 is 5.97 Å². The molecular weight excluding hydrogens is 464 g/mol. The quantitative estimate of drug-likeness (QED) is 0.459. The third-order valence-electron chi connectivity index (χ3n) is 5.08. The van der Waals surface area contributed by atoms with Crippen LogP contribution in [0.3, 0.4) is 0 Å².